The van der Waals surface area contributed by atoms with E-state index in [4.69, 9.17) is 39.5 Å². The van der Waals surface area contributed by atoms with E-state index in [0.29, 0.717) is 12.3 Å². The molecular formula is C7H9Cl3NO3+. The van der Waals surface area contributed by atoms with Crippen LogP contribution in [0.3, 0.4) is 0 Å². The van der Waals surface area contributed by atoms with Crippen molar-refractivity contribution in [3.63, 3.8) is 0 Å². The largest absolute Gasteiger partial charge is 0.521 e. The normalized spacial score (nSPS) is 17.1. The van der Waals surface area contributed by atoms with Crippen LogP contribution in [0, 0.1) is 0 Å². The monoisotopic (exact) mass is 260 g/mol. The third kappa shape index (κ3) is 3.90. The molecule has 0 atom stereocenters. The Morgan fingerprint density at radius 2 is 2.14 bits per heavy atom. The lowest BCUT2D eigenvalue weighted by molar-refractivity contribution is -0.495. The molecule has 14 heavy (non-hydrogen) atoms. The predicted molar refractivity (Wildman–Crippen MR) is 53.1 cm³/mol. The van der Waals surface area contributed by atoms with Crippen LogP contribution in [0.2, 0.25) is 0 Å². The number of hydrogen-bond acceptors (Lipinski definition) is 3. The lowest BCUT2D eigenvalue weighted by Crippen LogP contribution is -2.22. The molecule has 1 aliphatic heterocycles. The fourth-order valence-electron chi connectivity index (χ4n) is 1.12. The summed E-state index contributed by atoms with van der Waals surface area (Å²) in [5, 5.41) is 0. The molecule has 0 saturated carbocycles. The molecule has 0 aromatic rings. The number of carbonyl (C=O) groups excluding carboxylic acids is 1. The Hall–Kier alpha value is -0.190. The van der Waals surface area contributed by atoms with Crippen molar-refractivity contribution in [2.45, 2.75) is 16.8 Å². The standard InChI is InChI=1S/C7H9Cl3NO3/c1-11-4-2-3-5(11)13-6(12)14-7(8,9)10/h2-4H2,1H3/q+1. The van der Waals surface area contributed by atoms with E-state index in [1.165, 1.54) is 0 Å². The maximum atomic E-state index is 11.0. The van der Waals surface area contributed by atoms with Crippen LogP contribution in [0.15, 0.2) is 0 Å². The number of hydrogen-bond donors (Lipinski definition) is 0. The van der Waals surface area contributed by atoms with E-state index >= 15 is 0 Å². The highest BCUT2D eigenvalue weighted by molar-refractivity contribution is 6.66. The molecule has 0 aromatic carbocycles. The molecule has 0 aliphatic carbocycles. The summed E-state index contributed by atoms with van der Waals surface area (Å²) >= 11 is 15.7. The van der Waals surface area contributed by atoms with Gasteiger partial charge in [0.15, 0.2) is 0 Å². The van der Waals surface area contributed by atoms with Crippen LogP contribution >= 0.6 is 34.8 Å². The van der Waals surface area contributed by atoms with Gasteiger partial charge in [0.05, 0.1) is 6.42 Å². The number of halogens is 3. The zero-order valence-corrected chi connectivity index (χ0v) is 9.69. The molecule has 7 heteroatoms. The first-order chi connectivity index (χ1) is 6.38. The van der Waals surface area contributed by atoms with Gasteiger partial charge in [0.2, 0.25) is 0 Å². The maximum absolute atomic E-state index is 11.0. The van der Waals surface area contributed by atoms with Crippen molar-refractivity contribution in [2.75, 3.05) is 13.6 Å². The Labute approximate surface area is 96.3 Å². The van der Waals surface area contributed by atoms with Crippen LogP contribution in [-0.4, -0.2) is 34.2 Å². The Kier molecular flexibility index (Phi) is 3.86. The Bertz CT molecular complexity index is 272. The second-order valence-corrected chi connectivity index (χ2v) is 5.00. The van der Waals surface area contributed by atoms with Crippen molar-refractivity contribution >= 4 is 46.9 Å². The Morgan fingerprint density at radius 3 is 2.57 bits per heavy atom. The van der Waals surface area contributed by atoms with Gasteiger partial charge in [0.25, 0.3) is 0 Å². The molecule has 1 heterocycles. The number of alkyl halides is 3. The first kappa shape index (κ1) is 11.9. The van der Waals surface area contributed by atoms with E-state index in [9.17, 15) is 4.79 Å². The Morgan fingerprint density at radius 1 is 1.50 bits per heavy atom. The van der Waals surface area contributed by atoms with Gasteiger partial charge >= 0.3 is 16.0 Å². The third-order valence-corrected chi connectivity index (χ3v) is 1.94. The van der Waals surface area contributed by atoms with Gasteiger partial charge in [-0.15, -0.1) is 0 Å². The van der Waals surface area contributed by atoms with Gasteiger partial charge in [0, 0.05) is 6.42 Å². The number of nitrogens with zero attached hydrogens (tertiary/aromatic N) is 1. The molecule has 80 valence electrons. The van der Waals surface area contributed by atoms with E-state index in [2.05, 4.69) is 4.74 Å². The molecule has 0 fully saturated rings. The molecule has 0 N–H and O–H groups in total. The third-order valence-electron chi connectivity index (χ3n) is 1.71. The summed E-state index contributed by atoms with van der Waals surface area (Å²) in [6.07, 6.45) is 0.618. The van der Waals surface area contributed by atoms with E-state index in [1.807, 2.05) is 7.05 Å². The Balaban J connectivity index is 2.45. The second-order valence-electron chi connectivity index (χ2n) is 2.82. The van der Waals surface area contributed by atoms with Gasteiger partial charge in [-0.2, -0.15) is 0 Å². The van der Waals surface area contributed by atoms with E-state index in [1.54, 1.807) is 4.58 Å². The van der Waals surface area contributed by atoms with Crippen molar-refractivity contribution in [2.24, 2.45) is 0 Å². The molecule has 1 aliphatic rings. The predicted octanol–water partition coefficient (Wildman–Crippen LogP) is 2.30. The van der Waals surface area contributed by atoms with Crippen molar-refractivity contribution < 1.29 is 18.8 Å². The lowest BCUT2D eigenvalue weighted by atomic mass is 10.4. The van der Waals surface area contributed by atoms with E-state index < -0.39 is 10.1 Å². The van der Waals surface area contributed by atoms with Crippen molar-refractivity contribution in [3.05, 3.63) is 0 Å². The highest BCUT2D eigenvalue weighted by atomic mass is 35.6. The highest BCUT2D eigenvalue weighted by Gasteiger charge is 2.30. The molecule has 1 rings (SSSR count). The topological polar surface area (TPSA) is 38.5 Å². The summed E-state index contributed by atoms with van der Waals surface area (Å²) < 4.78 is 8.89. The zero-order valence-electron chi connectivity index (χ0n) is 7.43. The molecule has 0 spiro atoms. The lowest BCUT2D eigenvalue weighted by Gasteiger charge is -2.10. The molecule has 4 nitrogen and oxygen atoms in total. The van der Waals surface area contributed by atoms with Gasteiger partial charge < -0.3 is 9.47 Å². The number of ether oxygens (including phenoxy) is 2. The number of rotatable bonds is 0. The van der Waals surface area contributed by atoms with Crippen LogP contribution < -0.4 is 0 Å². The van der Waals surface area contributed by atoms with Crippen LogP contribution in [0.1, 0.15) is 12.8 Å². The highest BCUT2D eigenvalue weighted by Crippen LogP contribution is 2.27. The summed E-state index contributed by atoms with van der Waals surface area (Å²) in [6, 6.07) is 0. The first-order valence-corrected chi connectivity index (χ1v) is 5.06. The average molecular weight is 262 g/mol. The van der Waals surface area contributed by atoms with Gasteiger partial charge in [-0.3, -0.25) is 0 Å². The van der Waals surface area contributed by atoms with Crippen molar-refractivity contribution in [3.8, 4) is 0 Å². The van der Waals surface area contributed by atoms with Gasteiger partial charge in [0.1, 0.15) is 13.6 Å². The second kappa shape index (κ2) is 4.55. The average Bonchev–Trinajstić information content (AvgIpc) is 2.32. The molecule has 0 amide bonds. The van der Waals surface area contributed by atoms with Gasteiger partial charge in [-0.1, -0.05) is 0 Å². The molecule has 0 bridgehead atoms. The SMILES string of the molecule is C[N+]1=C(OC(=O)OC(Cl)(Cl)Cl)CCC1. The minimum Gasteiger partial charge on any atom is -0.382 e. The van der Waals surface area contributed by atoms with Crippen LogP contribution in [-0.2, 0) is 9.47 Å². The van der Waals surface area contributed by atoms with Gasteiger partial charge in [-0.05, 0) is 34.8 Å². The summed E-state index contributed by atoms with van der Waals surface area (Å²) in [4.78, 5) is 11.0. The molecule has 0 radical (unpaired) electrons. The first-order valence-electron chi connectivity index (χ1n) is 3.93. The molecule has 0 saturated heterocycles. The van der Waals surface area contributed by atoms with Crippen LogP contribution in [0.25, 0.3) is 0 Å². The minimum absolute atomic E-state index is 0.532. The fourth-order valence-corrected chi connectivity index (χ4v) is 1.31. The fraction of sp³-hybridized carbons (Fsp3) is 0.714. The molecule has 0 unspecified atom stereocenters. The molecular weight excluding hydrogens is 252 g/mol. The van der Waals surface area contributed by atoms with Crippen molar-refractivity contribution in [1.82, 2.24) is 0 Å². The smallest absolute Gasteiger partial charge is 0.382 e. The summed E-state index contributed by atoms with van der Waals surface area (Å²) in [6.45, 7) is 0.844. The summed E-state index contributed by atoms with van der Waals surface area (Å²) in [5.41, 5.74) is 0. The van der Waals surface area contributed by atoms with Crippen LogP contribution in [0.4, 0.5) is 4.79 Å². The quantitative estimate of drug-likeness (QED) is 0.381. The van der Waals surface area contributed by atoms with Gasteiger partial charge in [-0.25, -0.2) is 9.37 Å². The zero-order chi connectivity index (χ0) is 10.8. The minimum atomic E-state index is -2.07. The van der Waals surface area contributed by atoms with Crippen LogP contribution in [0.5, 0.6) is 0 Å². The summed E-state index contributed by atoms with van der Waals surface area (Å²) in [5.74, 6) is 0.532. The maximum Gasteiger partial charge on any atom is 0.521 e. The number of carbonyl (C=O) groups is 1. The summed E-state index contributed by atoms with van der Waals surface area (Å²) in [7, 11) is 1.81. The molecule has 0 aromatic heterocycles. The van der Waals surface area contributed by atoms with E-state index in [0.717, 1.165) is 13.0 Å². The van der Waals surface area contributed by atoms with Crippen molar-refractivity contribution in [1.29, 1.82) is 0 Å². The van der Waals surface area contributed by atoms with E-state index in [-0.39, 0.29) is 0 Å².